The molecule has 0 aromatic heterocycles. The summed E-state index contributed by atoms with van der Waals surface area (Å²) in [7, 11) is 0. The third-order valence-corrected chi connectivity index (χ3v) is 3.52. The molecule has 0 amide bonds. The maximum Gasteiger partial charge on any atom is 0.336 e. The van der Waals surface area contributed by atoms with Gasteiger partial charge in [0.25, 0.3) is 0 Å². The Labute approximate surface area is 162 Å². The van der Waals surface area contributed by atoms with E-state index in [0.717, 1.165) is 6.07 Å². The number of carbonyl (C=O) groups is 2. The Morgan fingerprint density at radius 3 is 1.39 bits per heavy atom. The maximum absolute atomic E-state index is 11.5. The molecule has 10 heteroatoms. The Bertz CT molecular complexity index is 567. The molecule has 158 valence electrons. The molecular weight excluding hydrogens is 376 g/mol. The van der Waals surface area contributed by atoms with Crippen molar-refractivity contribution in [2.24, 2.45) is 0 Å². The first kappa shape index (κ1) is 24.0. The van der Waals surface area contributed by atoms with Crippen molar-refractivity contribution in [2.75, 3.05) is 52.9 Å². The van der Waals surface area contributed by atoms with Gasteiger partial charge in [0.15, 0.2) is 0 Å². The van der Waals surface area contributed by atoms with E-state index in [1.54, 1.807) is 0 Å². The van der Waals surface area contributed by atoms with E-state index in [1.807, 2.05) is 0 Å². The van der Waals surface area contributed by atoms with Crippen LogP contribution in [0.2, 0.25) is 0 Å². The Morgan fingerprint density at radius 2 is 1.04 bits per heavy atom. The molecule has 0 heterocycles. The molecule has 0 fully saturated rings. The predicted octanol–water partition coefficient (Wildman–Crippen LogP) is 0.134. The van der Waals surface area contributed by atoms with Gasteiger partial charge in [-0.2, -0.15) is 0 Å². The fourth-order valence-electron chi connectivity index (χ4n) is 2.27. The quantitative estimate of drug-likeness (QED) is 0.281. The van der Waals surface area contributed by atoms with E-state index in [0.29, 0.717) is 11.1 Å². The molecule has 0 unspecified atom stereocenters. The summed E-state index contributed by atoms with van der Waals surface area (Å²) in [4.78, 5) is 22.9. The second kappa shape index (κ2) is 14.0. The van der Waals surface area contributed by atoms with E-state index in [2.05, 4.69) is 0 Å². The molecule has 0 atom stereocenters. The Hall–Kier alpha value is -2.08. The van der Waals surface area contributed by atoms with Crippen molar-refractivity contribution in [3.8, 4) is 0 Å². The normalized spacial score (nSPS) is 10.9. The minimum atomic E-state index is -1.26. The predicted molar refractivity (Wildman–Crippen MR) is 95.5 cm³/mol. The van der Waals surface area contributed by atoms with E-state index in [1.165, 1.54) is 6.07 Å². The van der Waals surface area contributed by atoms with Crippen LogP contribution in [-0.4, -0.2) is 85.2 Å². The lowest BCUT2D eigenvalue weighted by atomic mass is 9.99. The first-order valence-corrected chi connectivity index (χ1v) is 8.66. The van der Waals surface area contributed by atoms with Crippen LogP contribution in [0.15, 0.2) is 12.1 Å². The Balaban J connectivity index is 2.79. The van der Waals surface area contributed by atoms with Gasteiger partial charge in [-0.1, -0.05) is 0 Å². The summed E-state index contributed by atoms with van der Waals surface area (Å²) in [6, 6.07) is 2.53. The molecule has 10 nitrogen and oxygen atoms in total. The summed E-state index contributed by atoms with van der Waals surface area (Å²) in [5.41, 5.74) is 0.303. The van der Waals surface area contributed by atoms with Crippen molar-refractivity contribution in [1.82, 2.24) is 0 Å². The number of aliphatic hydroxyl groups excluding tert-OH is 2. The molecule has 0 spiro atoms. The summed E-state index contributed by atoms with van der Waals surface area (Å²) < 4.78 is 20.9. The van der Waals surface area contributed by atoms with Crippen molar-refractivity contribution < 1.29 is 49.0 Å². The second-order valence-corrected chi connectivity index (χ2v) is 5.55. The largest absolute Gasteiger partial charge is 0.478 e. The molecule has 1 aromatic carbocycles. The Kier molecular flexibility index (Phi) is 12.0. The average molecular weight is 402 g/mol. The van der Waals surface area contributed by atoms with Crippen molar-refractivity contribution >= 4 is 11.9 Å². The number of aliphatic hydroxyl groups is 2. The molecule has 28 heavy (non-hydrogen) atoms. The second-order valence-electron chi connectivity index (χ2n) is 5.55. The minimum absolute atomic E-state index is 0.0450. The smallest absolute Gasteiger partial charge is 0.336 e. The molecule has 0 radical (unpaired) electrons. The van der Waals surface area contributed by atoms with Crippen LogP contribution in [0.4, 0.5) is 0 Å². The minimum Gasteiger partial charge on any atom is -0.478 e. The molecular formula is C18H26O10. The van der Waals surface area contributed by atoms with E-state index in [4.69, 9.17) is 29.2 Å². The van der Waals surface area contributed by atoms with Crippen LogP contribution in [0.5, 0.6) is 0 Å². The van der Waals surface area contributed by atoms with Gasteiger partial charge < -0.3 is 39.4 Å². The number of carboxylic acid groups (broad SMARTS) is 2. The van der Waals surface area contributed by atoms with E-state index < -0.39 is 11.9 Å². The van der Waals surface area contributed by atoms with Crippen LogP contribution in [0.3, 0.4) is 0 Å². The molecule has 0 saturated heterocycles. The van der Waals surface area contributed by atoms with E-state index in [-0.39, 0.29) is 77.2 Å². The third kappa shape index (κ3) is 8.74. The van der Waals surface area contributed by atoms with Gasteiger partial charge in [0.05, 0.1) is 77.2 Å². The van der Waals surface area contributed by atoms with Crippen LogP contribution in [0, 0.1) is 0 Å². The average Bonchev–Trinajstić information content (AvgIpc) is 2.66. The fourth-order valence-corrected chi connectivity index (χ4v) is 2.27. The highest BCUT2D eigenvalue weighted by Gasteiger charge is 2.19. The highest BCUT2D eigenvalue weighted by molar-refractivity contribution is 5.96. The zero-order valence-electron chi connectivity index (χ0n) is 15.5. The highest BCUT2D eigenvalue weighted by Crippen LogP contribution is 2.20. The number of hydrogen-bond donors (Lipinski definition) is 4. The van der Waals surface area contributed by atoms with Crippen LogP contribution in [-0.2, 0) is 32.2 Å². The van der Waals surface area contributed by atoms with Gasteiger partial charge in [0.1, 0.15) is 0 Å². The number of ether oxygens (including phenoxy) is 4. The molecule has 0 saturated carbocycles. The van der Waals surface area contributed by atoms with Crippen LogP contribution < -0.4 is 0 Å². The highest BCUT2D eigenvalue weighted by atomic mass is 16.5. The van der Waals surface area contributed by atoms with Gasteiger partial charge in [-0.05, 0) is 23.3 Å². The zero-order chi connectivity index (χ0) is 20.8. The summed E-state index contributed by atoms with van der Waals surface area (Å²) in [5.74, 6) is -2.52. The van der Waals surface area contributed by atoms with Gasteiger partial charge >= 0.3 is 11.9 Å². The summed E-state index contributed by atoms with van der Waals surface area (Å²) in [6.07, 6.45) is 0. The molecule has 0 aliphatic heterocycles. The summed E-state index contributed by atoms with van der Waals surface area (Å²) >= 11 is 0. The fraction of sp³-hybridized carbons (Fsp3) is 0.556. The SMILES string of the molecule is O=C(O)c1cc(C(=O)O)c(COCCOCCO)cc1COCCOCCO. The molecule has 4 N–H and O–H groups in total. The van der Waals surface area contributed by atoms with Crippen molar-refractivity contribution in [1.29, 1.82) is 0 Å². The molecule has 0 aliphatic carbocycles. The van der Waals surface area contributed by atoms with Crippen LogP contribution in [0.25, 0.3) is 0 Å². The van der Waals surface area contributed by atoms with Crippen molar-refractivity contribution in [2.45, 2.75) is 13.2 Å². The lowest BCUT2D eigenvalue weighted by Gasteiger charge is -2.13. The molecule has 0 aliphatic rings. The summed E-state index contributed by atoms with van der Waals surface area (Å²) in [6.45, 7) is 0.915. The number of aromatic carboxylic acids is 2. The Morgan fingerprint density at radius 1 is 0.643 bits per heavy atom. The number of benzene rings is 1. The lowest BCUT2D eigenvalue weighted by Crippen LogP contribution is -2.14. The van der Waals surface area contributed by atoms with Gasteiger partial charge in [-0.3, -0.25) is 0 Å². The van der Waals surface area contributed by atoms with Gasteiger partial charge in [-0.25, -0.2) is 9.59 Å². The monoisotopic (exact) mass is 402 g/mol. The number of rotatable bonds is 16. The first-order valence-electron chi connectivity index (χ1n) is 8.66. The number of carboxylic acids is 2. The van der Waals surface area contributed by atoms with Gasteiger partial charge in [0, 0.05) is 0 Å². The number of hydrogen-bond acceptors (Lipinski definition) is 8. The lowest BCUT2D eigenvalue weighted by molar-refractivity contribution is 0.0255. The standard InChI is InChI=1S/C18H26O10/c19-1-3-25-5-7-27-11-13-9-14(12-28-8-6-26-4-2-20)16(18(23)24)10-15(13)17(21)22/h9-10,19-20H,1-8,11-12H2,(H,21,22)(H,23,24). The molecule has 1 aromatic rings. The van der Waals surface area contributed by atoms with Crippen LogP contribution in [0.1, 0.15) is 31.8 Å². The van der Waals surface area contributed by atoms with Gasteiger partial charge in [-0.15, -0.1) is 0 Å². The zero-order valence-corrected chi connectivity index (χ0v) is 15.5. The van der Waals surface area contributed by atoms with E-state index >= 15 is 0 Å². The molecule has 0 bridgehead atoms. The van der Waals surface area contributed by atoms with Gasteiger partial charge in [0.2, 0.25) is 0 Å². The third-order valence-electron chi connectivity index (χ3n) is 3.52. The topological polar surface area (TPSA) is 152 Å². The maximum atomic E-state index is 11.5. The van der Waals surface area contributed by atoms with Crippen molar-refractivity contribution in [3.05, 3.63) is 34.4 Å². The van der Waals surface area contributed by atoms with E-state index in [9.17, 15) is 19.8 Å². The molecule has 1 rings (SSSR count). The van der Waals surface area contributed by atoms with Crippen molar-refractivity contribution in [3.63, 3.8) is 0 Å². The summed E-state index contributed by atoms with van der Waals surface area (Å²) in [5, 5.41) is 36.0. The first-order chi connectivity index (χ1) is 13.5. The van der Waals surface area contributed by atoms with Crippen LogP contribution >= 0.6 is 0 Å².